The van der Waals surface area contributed by atoms with Crippen molar-refractivity contribution in [3.63, 3.8) is 0 Å². The van der Waals surface area contributed by atoms with Crippen molar-refractivity contribution in [3.8, 4) is 51.8 Å². The fourth-order valence-corrected chi connectivity index (χ4v) is 6.65. The lowest BCUT2D eigenvalue weighted by molar-refractivity contribution is 0.0964. The Morgan fingerprint density at radius 3 is 2.44 bits per heavy atom. The molecule has 252 valence electrons. The van der Waals surface area contributed by atoms with Gasteiger partial charge in [-0.1, -0.05) is 12.1 Å². The Morgan fingerprint density at radius 2 is 1.78 bits per heavy atom. The number of hydrogen-bond acceptors (Lipinski definition) is 10. The van der Waals surface area contributed by atoms with Crippen molar-refractivity contribution >= 4 is 43.7 Å². The van der Waals surface area contributed by atoms with Crippen molar-refractivity contribution in [2.45, 2.75) is 12.5 Å². The number of amides is 1. The summed E-state index contributed by atoms with van der Waals surface area (Å²) in [5.74, 6) is -0.400. The SMILES string of the molecule is CNC(=O)c1c(-c2ccc(F)cc2)oc2cc(N(CC(O)CC#N)S(C)(=O)=O)c(-c3ccc(OC)c(-c4nc5c(C#N)cccc5o4)c3)cc12. The van der Waals surface area contributed by atoms with Crippen LogP contribution in [0.2, 0.25) is 0 Å². The molecule has 6 rings (SSSR count). The molecule has 1 unspecified atom stereocenters. The van der Waals surface area contributed by atoms with Crippen LogP contribution in [-0.2, 0) is 10.0 Å². The van der Waals surface area contributed by atoms with E-state index in [1.165, 1.54) is 44.5 Å². The number of rotatable bonds is 10. The minimum atomic E-state index is -4.10. The topological polar surface area (TPSA) is 183 Å². The first-order valence-electron chi connectivity index (χ1n) is 15.1. The zero-order valence-electron chi connectivity index (χ0n) is 26.9. The number of sulfonamides is 1. The maximum absolute atomic E-state index is 13.8. The molecule has 0 aliphatic rings. The van der Waals surface area contributed by atoms with Gasteiger partial charge in [0.1, 0.15) is 34.5 Å². The Labute approximate surface area is 285 Å². The Balaban J connectivity index is 1.66. The fourth-order valence-electron chi connectivity index (χ4n) is 5.70. The molecule has 0 aliphatic carbocycles. The summed E-state index contributed by atoms with van der Waals surface area (Å²) in [6.45, 7) is -0.468. The highest BCUT2D eigenvalue weighted by Gasteiger charge is 2.29. The Morgan fingerprint density at radius 1 is 1.04 bits per heavy atom. The summed E-state index contributed by atoms with van der Waals surface area (Å²) < 4.78 is 59.4. The predicted octanol–water partition coefficient (Wildman–Crippen LogP) is 5.99. The number of nitrogens with zero attached hydrogens (tertiary/aromatic N) is 4. The van der Waals surface area contributed by atoms with Gasteiger partial charge < -0.3 is 24.0 Å². The van der Waals surface area contributed by atoms with Gasteiger partial charge in [-0.25, -0.2) is 17.8 Å². The van der Waals surface area contributed by atoms with Gasteiger partial charge in [-0.15, -0.1) is 0 Å². The van der Waals surface area contributed by atoms with Crippen LogP contribution in [0, 0.1) is 28.5 Å². The van der Waals surface area contributed by atoms with Crippen molar-refractivity contribution in [2.24, 2.45) is 0 Å². The second kappa shape index (κ2) is 13.4. The number of nitriles is 2. The van der Waals surface area contributed by atoms with Crippen LogP contribution in [0.4, 0.5) is 10.1 Å². The number of ether oxygens (including phenoxy) is 1. The van der Waals surface area contributed by atoms with Crippen LogP contribution in [0.5, 0.6) is 5.75 Å². The third-order valence-electron chi connectivity index (χ3n) is 8.02. The molecule has 2 N–H and O–H groups in total. The van der Waals surface area contributed by atoms with E-state index in [1.54, 1.807) is 42.5 Å². The molecule has 1 atom stereocenters. The maximum atomic E-state index is 13.8. The molecule has 14 heteroatoms. The number of carbonyl (C=O) groups is 1. The normalized spacial score (nSPS) is 12.0. The lowest BCUT2D eigenvalue weighted by atomic mass is 9.96. The molecule has 2 heterocycles. The van der Waals surface area contributed by atoms with Crippen molar-refractivity contribution in [2.75, 3.05) is 31.3 Å². The number of carbonyl (C=O) groups excluding carboxylic acids is 1. The zero-order chi connectivity index (χ0) is 35.7. The van der Waals surface area contributed by atoms with Gasteiger partial charge >= 0.3 is 0 Å². The summed E-state index contributed by atoms with van der Waals surface area (Å²) in [6.07, 6.45) is -0.714. The lowest BCUT2D eigenvalue weighted by Gasteiger charge is -2.27. The monoisotopic (exact) mass is 693 g/mol. The van der Waals surface area contributed by atoms with Gasteiger partial charge in [-0.2, -0.15) is 10.5 Å². The molecular weight excluding hydrogens is 665 g/mol. The van der Waals surface area contributed by atoms with E-state index in [2.05, 4.69) is 16.4 Å². The first kappa shape index (κ1) is 33.7. The van der Waals surface area contributed by atoms with E-state index in [0.717, 1.165) is 10.6 Å². The molecule has 1 amide bonds. The summed E-state index contributed by atoms with van der Waals surface area (Å²) in [6, 6.07) is 22.2. The molecule has 0 fully saturated rings. The average Bonchev–Trinajstić information content (AvgIpc) is 3.71. The summed E-state index contributed by atoms with van der Waals surface area (Å²) in [4.78, 5) is 17.9. The quantitative estimate of drug-likeness (QED) is 0.173. The van der Waals surface area contributed by atoms with Gasteiger partial charge in [0.05, 0.1) is 60.9 Å². The second-order valence-electron chi connectivity index (χ2n) is 11.3. The largest absolute Gasteiger partial charge is 0.496 e. The van der Waals surface area contributed by atoms with Crippen molar-refractivity contribution in [1.82, 2.24) is 10.3 Å². The standard InChI is InChI=1S/C36H28FN5O7S/c1-40-35(44)32-26-16-25(21-9-12-29(47-2)27(15-21)36-41-33-22(18-39)5-4-6-30(33)49-36)28(42(50(3,45)46)19-24(43)13-14-38)17-31(26)48-34(32)20-7-10-23(37)11-8-20/h4-12,15-17,24,43H,13,19H2,1-3H3,(H,40,44). The molecule has 0 spiro atoms. The van der Waals surface area contributed by atoms with Crippen molar-refractivity contribution in [1.29, 1.82) is 10.5 Å². The maximum Gasteiger partial charge on any atom is 0.255 e. The number of aromatic nitrogens is 1. The van der Waals surface area contributed by atoms with E-state index in [0.29, 0.717) is 50.1 Å². The number of aliphatic hydroxyl groups excluding tert-OH is 1. The van der Waals surface area contributed by atoms with Crippen LogP contribution in [0.3, 0.4) is 0 Å². The minimum absolute atomic E-state index is 0.0697. The average molecular weight is 694 g/mol. The lowest BCUT2D eigenvalue weighted by Crippen LogP contribution is -2.37. The van der Waals surface area contributed by atoms with Crippen molar-refractivity contribution in [3.05, 3.63) is 89.7 Å². The highest BCUT2D eigenvalue weighted by molar-refractivity contribution is 7.92. The Kier molecular flexibility index (Phi) is 8.99. The highest BCUT2D eigenvalue weighted by Crippen LogP contribution is 2.44. The number of benzene rings is 4. The molecule has 0 saturated carbocycles. The van der Waals surface area contributed by atoms with Crippen LogP contribution in [0.25, 0.3) is 56.0 Å². The third-order valence-corrected chi connectivity index (χ3v) is 9.17. The summed E-state index contributed by atoms with van der Waals surface area (Å²) in [7, 11) is -1.19. The molecule has 2 aromatic heterocycles. The molecule has 12 nitrogen and oxygen atoms in total. The number of para-hydroxylation sites is 1. The summed E-state index contributed by atoms with van der Waals surface area (Å²) in [5.41, 5.74) is 2.82. The molecular formula is C36H28FN5O7S. The number of methoxy groups -OCH3 is 1. The molecule has 6 aromatic rings. The van der Waals surface area contributed by atoms with E-state index < -0.39 is 34.4 Å². The Hall–Kier alpha value is -6.22. The number of aliphatic hydroxyl groups is 1. The van der Waals surface area contributed by atoms with Gasteiger partial charge in [0.25, 0.3) is 5.91 Å². The van der Waals surface area contributed by atoms with Crippen LogP contribution in [0.15, 0.2) is 81.6 Å². The first-order valence-corrected chi connectivity index (χ1v) is 16.9. The fraction of sp³-hybridized carbons (Fsp3) is 0.167. The highest BCUT2D eigenvalue weighted by atomic mass is 32.2. The summed E-state index contributed by atoms with van der Waals surface area (Å²) in [5, 5.41) is 32.4. The molecule has 0 aliphatic heterocycles. The van der Waals surface area contributed by atoms with E-state index in [4.69, 9.17) is 13.6 Å². The number of nitrogens with one attached hydrogen (secondary N) is 1. The number of anilines is 1. The number of furan rings is 1. The predicted molar refractivity (Wildman–Crippen MR) is 183 cm³/mol. The van der Waals surface area contributed by atoms with Gasteiger partial charge in [0.15, 0.2) is 5.58 Å². The molecule has 0 bridgehead atoms. The number of hydrogen-bond donors (Lipinski definition) is 2. The number of fused-ring (bicyclic) bond motifs is 2. The van der Waals surface area contributed by atoms with Crippen molar-refractivity contribution < 1.29 is 36.3 Å². The molecule has 0 radical (unpaired) electrons. The zero-order valence-corrected chi connectivity index (χ0v) is 27.7. The second-order valence-corrected chi connectivity index (χ2v) is 13.2. The molecule has 50 heavy (non-hydrogen) atoms. The third kappa shape index (κ3) is 6.21. The van der Waals surface area contributed by atoms with Gasteiger partial charge in [-0.3, -0.25) is 9.10 Å². The van der Waals surface area contributed by atoms with Gasteiger partial charge in [-0.05, 0) is 60.2 Å². The first-order chi connectivity index (χ1) is 24.0. The van der Waals surface area contributed by atoms with Crippen LogP contribution >= 0.6 is 0 Å². The van der Waals surface area contributed by atoms with E-state index in [-0.39, 0.29) is 34.9 Å². The van der Waals surface area contributed by atoms with Gasteiger partial charge in [0.2, 0.25) is 15.9 Å². The minimum Gasteiger partial charge on any atom is -0.496 e. The molecule has 4 aromatic carbocycles. The van der Waals surface area contributed by atoms with E-state index >= 15 is 0 Å². The smallest absolute Gasteiger partial charge is 0.255 e. The van der Waals surface area contributed by atoms with Crippen LogP contribution < -0.4 is 14.4 Å². The molecule has 0 saturated heterocycles. The van der Waals surface area contributed by atoms with Gasteiger partial charge in [0, 0.05) is 29.6 Å². The Bertz CT molecular complexity index is 2480. The van der Waals surface area contributed by atoms with E-state index in [1.807, 2.05) is 6.07 Å². The van der Waals surface area contributed by atoms with Crippen LogP contribution in [0.1, 0.15) is 22.3 Å². The summed E-state index contributed by atoms with van der Waals surface area (Å²) >= 11 is 0. The van der Waals surface area contributed by atoms with Crippen LogP contribution in [-0.4, -0.2) is 57.5 Å². The van der Waals surface area contributed by atoms with E-state index in [9.17, 15) is 33.2 Å². The number of halogens is 1. The number of oxazole rings is 1.